The van der Waals surface area contributed by atoms with Crippen molar-refractivity contribution in [3.63, 3.8) is 0 Å². The molecule has 0 saturated heterocycles. The molecule has 3 nitrogen and oxygen atoms in total. The van der Waals surface area contributed by atoms with Crippen molar-refractivity contribution >= 4 is 50.0 Å². The number of carbonyl (C=O) groups is 1. The first-order valence-corrected chi connectivity index (χ1v) is 7.14. The maximum Gasteiger partial charge on any atom is 0.255 e. The Hall–Kier alpha value is -1.78. The lowest BCUT2D eigenvalue weighted by Gasteiger charge is -2.08. The number of aromatic amines is 1. The highest BCUT2D eigenvalue weighted by molar-refractivity contribution is 9.10. The summed E-state index contributed by atoms with van der Waals surface area (Å²) in [5.74, 6) is -0.176. The Morgan fingerprint density at radius 1 is 1.15 bits per heavy atom. The molecule has 0 bridgehead atoms. The van der Waals surface area contributed by atoms with Crippen LogP contribution in [0.3, 0.4) is 0 Å². The molecule has 0 aliphatic carbocycles. The van der Waals surface area contributed by atoms with Gasteiger partial charge in [-0.15, -0.1) is 0 Å². The predicted octanol–water partition coefficient (Wildman–Crippen LogP) is 4.84. The first kappa shape index (κ1) is 13.2. The van der Waals surface area contributed by atoms with Gasteiger partial charge in [0.25, 0.3) is 5.91 Å². The highest BCUT2D eigenvalue weighted by Crippen LogP contribution is 2.26. The molecular formula is C15H10BrClN2O. The fourth-order valence-corrected chi connectivity index (χ4v) is 2.49. The molecule has 0 saturated carbocycles. The lowest BCUT2D eigenvalue weighted by Crippen LogP contribution is -2.12. The zero-order valence-corrected chi connectivity index (χ0v) is 12.6. The highest BCUT2D eigenvalue weighted by Gasteiger charge is 2.09. The van der Waals surface area contributed by atoms with Crippen LogP contribution in [-0.4, -0.2) is 10.9 Å². The Labute approximate surface area is 129 Å². The Bertz CT molecular complexity index is 797. The van der Waals surface area contributed by atoms with Gasteiger partial charge in [0, 0.05) is 26.8 Å². The van der Waals surface area contributed by atoms with Crippen molar-refractivity contribution in [3.8, 4) is 0 Å². The Morgan fingerprint density at radius 2 is 2.00 bits per heavy atom. The van der Waals surface area contributed by atoms with Gasteiger partial charge in [-0.25, -0.2) is 0 Å². The van der Waals surface area contributed by atoms with Gasteiger partial charge >= 0.3 is 0 Å². The van der Waals surface area contributed by atoms with E-state index < -0.39 is 0 Å². The number of anilines is 1. The van der Waals surface area contributed by atoms with E-state index in [0.29, 0.717) is 16.3 Å². The number of hydrogen-bond acceptors (Lipinski definition) is 1. The number of rotatable bonds is 2. The Balaban J connectivity index is 1.90. The molecule has 100 valence electrons. The van der Waals surface area contributed by atoms with Crippen molar-refractivity contribution in [1.82, 2.24) is 4.98 Å². The molecule has 0 unspecified atom stereocenters. The minimum atomic E-state index is -0.176. The molecule has 0 fully saturated rings. The molecule has 2 N–H and O–H groups in total. The van der Waals surface area contributed by atoms with Gasteiger partial charge in [0.2, 0.25) is 0 Å². The van der Waals surface area contributed by atoms with Gasteiger partial charge in [-0.2, -0.15) is 0 Å². The third kappa shape index (κ3) is 2.57. The number of benzene rings is 2. The lowest BCUT2D eigenvalue weighted by atomic mass is 10.1. The van der Waals surface area contributed by atoms with Crippen LogP contribution in [0.25, 0.3) is 10.9 Å². The summed E-state index contributed by atoms with van der Waals surface area (Å²) in [6, 6.07) is 12.8. The van der Waals surface area contributed by atoms with E-state index in [9.17, 15) is 4.79 Å². The fourth-order valence-electron chi connectivity index (χ4n) is 1.98. The van der Waals surface area contributed by atoms with Gasteiger partial charge in [0.05, 0.1) is 5.69 Å². The minimum Gasteiger partial charge on any atom is -0.361 e. The minimum absolute atomic E-state index is 0.176. The quantitative estimate of drug-likeness (QED) is 0.683. The number of aromatic nitrogens is 1. The van der Waals surface area contributed by atoms with Gasteiger partial charge in [-0.05, 0) is 57.7 Å². The summed E-state index contributed by atoms with van der Waals surface area (Å²) < 4.78 is 0.788. The smallest absolute Gasteiger partial charge is 0.255 e. The molecule has 20 heavy (non-hydrogen) atoms. The van der Waals surface area contributed by atoms with E-state index in [0.717, 1.165) is 15.4 Å². The number of fused-ring (bicyclic) bond motifs is 1. The van der Waals surface area contributed by atoms with Crippen LogP contribution in [0, 0.1) is 0 Å². The van der Waals surface area contributed by atoms with Crippen LogP contribution in [0.5, 0.6) is 0 Å². The average molecular weight is 350 g/mol. The second-order valence-corrected chi connectivity index (χ2v) is 5.65. The van der Waals surface area contributed by atoms with Crippen LogP contribution in [-0.2, 0) is 0 Å². The molecule has 0 aliphatic rings. The SMILES string of the molecule is O=C(Nc1cc(Cl)ccc1Br)c1ccc2cc[nH]c2c1. The molecule has 3 rings (SSSR count). The maximum absolute atomic E-state index is 12.3. The summed E-state index contributed by atoms with van der Waals surface area (Å²) >= 11 is 9.32. The number of carbonyl (C=O) groups excluding carboxylic acids is 1. The second kappa shape index (κ2) is 5.31. The molecule has 0 atom stereocenters. The third-order valence-electron chi connectivity index (χ3n) is 2.99. The monoisotopic (exact) mass is 348 g/mol. The van der Waals surface area contributed by atoms with Crippen LogP contribution in [0.15, 0.2) is 53.1 Å². The van der Waals surface area contributed by atoms with Gasteiger partial charge in [0.15, 0.2) is 0 Å². The molecule has 1 amide bonds. The van der Waals surface area contributed by atoms with Crippen LogP contribution in [0.4, 0.5) is 5.69 Å². The first-order chi connectivity index (χ1) is 9.63. The summed E-state index contributed by atoms with van der Waals surface area (Å²) in [5.41, 5.74) is 2.17. The van der Waals surface area contributed by atoms with E-state index in [-0.39, 0.29) is 5.91 Å². The van der Waals surface area contributed by atoms with Crippen molar-refractivity contribution in [2.24, 2.45) is 0 Å². The van der Waals surface area contributed by atoms with E-state index >= 15 is 0 Å². The molecule has 0 aliphatic heterocycles. The lowest BCUT2D eigenvalue weighted by molar-refractivity contribution is 0.102. The molecule has 0 radical (unpaired) electrons. The van der Waals surface area contributed by atoms with E-state index in [1.54, 1.807) is 24.3 Å². The van der Waals surface area contributed by atoms with E-state index in [4.69, 9.17) is 11.6 Å². The molecule has 0 spiro atoms. The Kier molecular flexibility index (Phi) is 3.51. The predicted molar refractivity (Wildman–Crippen MR) is 85.4 cm³/mol. The number of halogens is 2. The van der Waals surface area contributed by atoms with Gasteiger partial charge in [-0.1, -0.05) is 17.7 Å². The molecular weight excluding hydrogens is 340 g/mol. The topological polar surface area (TPSA) is 44.9 Å². The zero-order chi connectivity index (χ0) is 14.1. The van der Waals surface area contributed by atoms with E-state index in [2.05, 4.69) is 26.2 Å². The standard InChI is InChI=1S/C15H10BrClN2O/c16-12-4-3-11(17)8-14(12)19-15(20)10-2-1-9-5-6-18-13(9)7-10/h1-8,18H,(H,19,20). The normalized spacial score (nSPS) is 10.7. The molecule has 5 heteroatoms. The van der Waals surface area contributed by atoms with Crippen molar-refractivity contribution in [3.05, 3.63) is 63.7 Å². The third-order valence-corrected chi connectivity index (χ3v) is 3.92. The second-order valence-electron chi connectivity index (χ2n) is 4.36. The van der Waals surface area contributed by atoms with Crippen LogP contribution in [0.1, 0.15) is 10.4 Å². The van der Waals surface area contributed by atoms with Gasteiger partial charge in [-0.3, -0.25) is 4.79 Å². The summed E-state index contributed by atoms with van der Waals surface area (Å²) in [6.07, 6.45) is 1.85. The van der Waals surface area contributed by atoms with Gasteiger partial charge in [0.1, 0.15) is 0 Å². The van der Waals surface area contributed by atoms with Crippen LogP contribution < -0.4 is 5.32 Å². The fraction of sp³-hybridized carbons (Fsp3) is 0. The van der Waals surface area contributed by atoms with Crippen molar-refractivity contribution in [2.45, 2.75) is 0 Å². The Morgan fingerprint density at radius 3 is 2.85 bits per heavy atom. The van der Waals surface area contributed by atoms with Crippen LogP contribution in [0.2, 0.25) is 5.02 Å². The maximum atomic E-state index is 12.3. The highest BCUT2D eigenvalue weighted by atomic mass is 79.9. The number of amides is 1. The van der Waals surface area contributed by atoms with Crippen molar-refractivity contribution in [1.29, 1.82) is 0 Å². The largest absolute Gasteiger partial charge is 0.361 e. The van der Waals surface area contributed by atoms with E-state index in [1.807, 2.05) is 24.4 Å². The zero-order valence-electron chi connectivity index (χ0n) is 10.3. The molecule has 1 aromatic heterocycles. The molecule has 3 aromatic rings. The summed E-state index contributed by atoms with van der Waals surface area (Å²) in [7, 11) is 0. The summed E-state index contributed by atoms with van der Waals surface area (Å²) in [5, 5.41) is 4.49. The number of hydrogen-bond donors (Lipinski definition) is 2. The molecule has 1 heterocycles. The number of nitrogens with one attached hydrogen (secondary N) is 2. The first-order valence-electron chi connectivity index (χ1n) is 5.97. The number of H-pyrrole nitrogens is 1. The van der Waals surface area contributed by atoms with E-state index in [1.165, 1.54) is 0 Å². The van der Waals surface area contributed by atoms with Crippen molar-refractivity contribution in [2.75, 3.05) is 5.32 Å². The molecule has 2 aromatic carbocycles. The summed E-state index contributed by atoms with van der Waals surface area (Å²) in [4.78, 5) is 15.3. The van der Waals surface area contributed by atoms with Crippen LogP contribution >= 0.6 is 27.5 Å². The van der Waals surface area contributed by atoms with Crippen molar-refractivity contribution < 1.29 is 4.79 Å². The van der Waals surface area contributed by atoms with Gasteiger partial charge < -0.3 is 10.3 Å². The summed E-state index contributed by atoms with van der Waals surface area (Å²) in [6.45, 7) is 0. The average Bonchev–Trinajstić information content (AvgIpc) is 2.90.